The zero-order chi connectivity index (χ0) is 13.1. The molecule has 3 nitrogen and oxygen atoms in total. The summed E-state index contributed by atoms with van der Waals surface area (Å²) >= 11 is 0. The number of rotatable bonds is 4. The van der Waals surface area contributed by atoms with Crippen LogP contribution >= 0.6 is 0 Å². The minimum Gasteiger partial charge on any atom is -0.497 e. The molecule has 1 aromatic carbocycles. The molecule has 0 aliphatic carbocycles. The number of aliphatic hydroxyl groups excluding tert-OH is 1. The van der Waals surface area contributed by atoms with Crippen molar-refractivity contribution < 1.29 is 9.84 Å². The van der Waals surface area contributed by atoms with Crippen LogP contribution in [0.1, 0.15) is 24.6 Å². The van der Waals surface area contributed by atoms with Crippen LogP contribution in [0.25, 0.3) is 10.9 Å². The molecule has 0 spiro atoms. The monoisotopic (exact) mass is 245 g/mol. The van der Waals surface area contributed by atoms with Gasteiger partial charge in [-0.05, 0) is 37.1 Å². The Bertz CT molecular complexity index is 551. The molecule has 1 heterocycles. The summed E-state index contributed by atoms with van der Waals surface area (Å²) in [5.74, 6) is 0.808. The number of aryl methyl sites for hydroxylation is 1. The second-order valence-corrected chi connectivity index (χ2v) is 4.58. The lowest BCUT2D eigenvalue weighted by atomic mass is 10.1. The van der Waals surface area contributed by atoms with Gasteiger partial charge in [-0.15, -0.1) is 0 Å². The van der Waals surface area contributed by atoms with Crippen molar-refractivity contribution in [3.8, 4) is 5.75 Å². The lowest BCUT2D eigenvalue weighted by molar-refractivity contribution is 0.169. The molecule has 0 aliphatic rings. The van der Waals surface area contributed by atoms with Gasteiger partial charge in [0.05, 0.1) is 18.7 Å². The van der Waals surface area contributed by atoms with Crippen LogP contribution in [0.15, 0.2) is 24.3 Å². The molecule has 18 heavy (non-hydrogen) atoms. The van der Waals surface area contributed by atoms with Crippen LogP contribution in [0.4, 0.5) is 0 Å². The predicted octanol–water partition coefficient (Wildman–Crippen LogP) is 2.87. The number of fused-ring (bicyclic) bond motifs is 1. The number of methoxy groups -OCH3 is 1. The highest BCUT2D eigenvalue weighted by molar-refractivity contribution is 5.83. The van der Waals surface area contributed by atoms with Gasteiger partial charge in [0, 0.05) is 23.6 Å². The smallest absolute Gasteiger partial charge is 0.121 e. The van der Waals surface area contributed by atoms with Gasteiger partial charge in [0.1, 0.15) is 5.75 Å². The van der Waals surface area contributed by atoms with E-state index in [0.29, 0.717) is 6.42 Å². The van der Waals surface area contributed by atoms with Gasteiger partial charge in [-0.2, -0.15) is 0 Å². The molecule has 0 saturated carbocycles. The first-order valence-corrected chi connectivity index (χ1v) is 6.26. The van der Waals surface area contributed by atoms with Crippen LogP contribution in [-0.4, -0.2) is 23.3 Å². The van der Waals surface area contributed by atoms with Crippen LogP contribution in [0.3, 0.4) is 0 Å². The molecule has 3 heteroatoms. The first-order valence-electron chi connectivity index (χ1n) is 6.26. The van der Waals surface area contributed by atoms with Crippen molar-refractivity contribution in [1.82, 2.24) is 4.98 Å². The number of nitrogens with zero attached hydrogens (tertiary/aromatic N) is 1. The van der Waals surface area contributed by atoms with Crippen LogP contribution in [0, 0.1) is 6.92 Å². The van der Waals surface area contributed by atoms with E-state index in [2.05, 4.69) is 11.9 Å². The van der Waals surface area contributed by atoms with E-state index in [0.717, 1.165) is 28.8 Å². The van der Waals surface area contributed by atoms with E-state index in [1.54, 1.807) is 7.11 Å². The Morgan fingerprint density at radius 1 is 1.33 bits per heavy atom. The number of hydrogen-bond acceptors (Lipinski definition) is 3. The lowest BCUT2D eigenvalue weighted by Gasteiger charge is -2.10. The van der Waals surface area contributed by atoms with Gasteiger partial charge in [0.25, 0.3) is 0 Å². The maximum atomic E-state index is 9.71. The highest BCUT2D eigenvalue weighted by Gasteiger charge is 2.08. The molecule has 0 fully saturated rings. The Labute approximate surface area is 107 Å². The van der Waals surface area contributed by atoms with Gasteiger partial charge in [-0.3, -0.25) is 4.98 Å². The fraction of sp³-hybridized carbons (Fsp3) is 0.400. The van der Waals surface area contributed by atoms with Crippen molar-refractivity contribution in [2.45, 2.75) is 32.8 Å². The molecule has 0 aliphatic heterocycles. The summed E-state index contributed by atoms with van der Waals surface area (Å²) in [6, 6.07) is 7.95. The summed E-state index contributed by atoms with van der Waals surface area (Å²) in [6.45, 7) is 4.04. The van der Waals surface area contributed by atoms with E-state index < -0.39 is 0 Å². The molecule has 0 unspecified atom stereocenters. The number of aliphatic hydroxyl groups is 1. The quantitative estimate of drug-likeness (QED) is 0.900. The number of pyridine rings is 1. The Morgan fingerprint density at radius 3 is 2.78 bits per heavy atom. The Kier molecular flexibility index (Phi) is 3.82. The van der Waals surface area contributed by atoms with Gasteiger partial charge in [0.2, 0.25) is 0 Å². The Hall–Kier alpha value is -1.61. The van der Waals surface area contributed by atoms with Crippen molar-refractivity contribution >= 4 is 10.9 Å². The van der Waals surface area contributed by atoms with Crippen molar-refractivity contribution in [3.05, 3.63) is 35.5 Å². The number of ether oxygens (including phenoxy) is 1. The number of benzene rings is 1. The van der Waals surface area contributed by atoms with Crippen LogP contribution in [0.2, 0.25) is 0 Å². The molecule has 0 saturated heterocycles. The van der Waals surface area contributed by atoms with Gasteiger partial charge < -0.3 is 9.84 Å². The zero-order valence-electron chi connectivity index (χ0n) is 11.1. The van der Waals surface area contributed by atoms with Crippen LogP contribution in [0.5, 0.6) is 5.75 Å². The van der Waals surface area contributed by atoms with Gasteiger partial charge >= 0.3 is 0 Å². The van der Waals surface area contributed by atoms with Gasteiger partial charge in [-0.25, -0.2) is 0 Å². The third kappa shape index (κ3) is 2.62. The molecule has 0 bridgehead atoms. The topological polar surface area (TPSA) is 42.4 Å². The molecule has 96 valence electrons. The molecular formula is C15H19NO2. The first-order chi connectivity index (χ1) is 8.63. The summed E-state index contributed by atoms with van der Waals surface area (Å²) in [5, 5.41) is 10.8. The molecule has 0 radical (unpaired) electrons. The third-order valence-corrected chi connectivity index (χ3v) is 3.19. The van der Waals surface area contributed by atoms with Crippen molar-refractivity contribution in [2.24, 2.45) is 0 Å². The minimum atomic E-state index is -0.319. The van der Waals surface area contributed by atoms with E-state index in [9.17, 15) is 5.11 Å². The molecule has 2 aromatic rings. The maximum absolute atomic E-state index is 9.71. The molecule has 1 N–H and O–H groups in total. The standard InChI is InChI=1S/C15H19NO2/c1-4-12(17)8-11-7-10(2)14-6-5-13(18-3)9-15(14)16-11/h5-7,9,12,17H,4,8H2,1-3H3/t12-/m1/s1. The zero-order valence-corrected chi connectivity index (χ0v) is 11.1. The molecule has 0 amide bonds. The van der Waals surface area contributed by atoms with Crippen molar-refractivity contribution in [3.63, 3.8) is 0 Å². The average molecular weight is 245 g/mol. The van der Waals surface area contributed by atoms with Crippen LogP contribution in [-0.2, 0) is 6.42 Å². The average Bonchev–Trinajstić information content (AvgIpc) is 2.37. The largest absolute Gasteiger partial charge is 0.497 e. The maximum Gasteiger partial charge on any atom is 0.121 e. The summed E-state index contributed by atoms with van der Waals surface area (Å²) in [4.78, 5) is 4.59. The summed E-state index contributed by atoms with van der Waals surface area (Å²) in [6.07, 6.45) is 1.03. The predicted molar refractivity (Wildman–Crippen MR) is 73.0 cm³/mol. The second kappa shape index (κ2) is 5.36. The lowest BCUT2D eigenvalue weighted by Crippen LogP contribution is -2.10. The van der Waals surface area contributed by atoms with Crippen molar-refractivity contribution in [1.29, 1.82) is 0 Å². The first kappa shape index (κ1) is 12.8. The molecule has 2 rings (SSSR count). The van der Waals surface area contributed by atoms with Crippen LogP contribution < -0.4 is 4.74 Å². The Morgan fingerprint density at radius 2 is 2.11 bits per heavy atom. The van der Waals surface area contributed by atoms with E-state index in [1.807, 2.05) is 31.2 Å². The molecule has 1 aromatic heterocycles. The summed E-state index contributed by atoms with van der Waals surface area (Å²) in [7, 11) is 1.65. The molecule has 1 atom stereocenters. The highest BCUT2D eigenvalue weighted by atomic mass is 16.5. The normalized spacial score (nSPS) is 12.7. The summed E-state index contributed by atoms with van der Waals surface area (Å²) < 4.78 is 5.21. The molecular weight excluding hydrogens is 226 g/mol. The number of hydrogen-bond donors (Lipinski definition) is 1. The third-order valence-electron chi connectivity index (χ3n) is 3.19. The fourth-order valence-electron chi connectivity index (χ4n) is 2.07. The van der Waals surface area contributed by atoms with E-state index in [4.69, 9.17) is 4.74 Å². The Balaban J connectivity index is 2.45. The summed E-state index contributed by atoms with van der Waals surface area (Å²) in [5.41, 5.74) is 3.04. The SMILES string of the molecule is CC[C@@H](O)Cc1cc(C)c2ccc(OC)cc2n1. The number of aromatic nitrogens is 1. The highest BCUT2D eigenvalue weighted by Crippen LogP contribution is 2.23. The second-order valence-electron chi connectivity index (χ2n) is 4.58. The van der Waals surface area contributed by atoms with E-state index in [1.165, 1.54) is 5.56 Å². The minimum absolute atomic E-state index is 0.319. The van der Waals surface area contributed by atoms with E-state index in [-0.39, 0.29) is 6.10 Å². The van der Waals surface area contributed by atoms with Gasteiger partial charge in [0.15, 0.2) is 0 Å². The van der Waals surface area contributed by atoms with E-state index >= 15 is 0 Å². The fourth-order valence-corrected chi connectivity index (χ4v) is 2.07. The van der Waals surface area contributed by atoms with Crippen molar-refractivity contribution in [2.75, 3.05) is 7.11 Å². The van der Waals surface area contributed by atoms with Gasteiger partial charge in [-0.1, -0.05) is 6.92 Å².